The van der Waals surface area contributed by atoms with Gasteiger partial charge in [-0.15, -0.1) is 16.5 Å². The van der Waals surface area contributed by atoms with E-state index in [2.05, 4.69) is 20.9 Å². The molecule has 0 aromatic heterocycles. The lowest BCUT2D eigenvalue weighted by molar-refractivity contribution is 0.198. The van der Waals surface area contributed by atoms with E-state index in [9.17, 15) is 9.70 Å². The van der Waals surface area contributed by atoms with Crippen molar-refractivity contribution < 1.29 is 4.79 Å². The SMILES string of the molecule is C[C@@]1(CNC(=O)N(CCCl)N=O)N=C(N)C=CN1. The summed E-state index contributed by atoms with van der Waals surface area (Å²) in [5.74, 6) is 0.485. The number of rotatable bonds is 5. The first-order valence-electron chi connectivity index (χ1n) is 5.25. The number of hydrogen-bond acceptors (Lipinski definition) is 6. The summed E-state index contributed by atoms with van der Waals surface area (Å²) in [5, 5.41) is 8.76. The van der Waals surface area contributed by atoms with Crippen LogP contribution in [0.5, 0.6) is 0 Å². The van der Waals surface area contributed by atoms with Gasteiger partial charge < -0.3 is 16.4 Å². The third kappa shape index (κ3) is 3.88. The molecule has 1 aliphatic heterocycles. The third-order valence-corrected chi connectivity index (χ3v) is 2.41. The molecule has 1 rings (SSSR count). The predicted molar refractivity (Wildman–Crippen MR) is 68.9 cm³/mol. The number of carbonyl (C=O) groups is 1. The molecule has 0 saturated heterocycles. The van der Waals surface area contributed by atoms with Crippen LogP contribution >= 0.6 is 11.6 Å². The highest BCUT2D eigenvalue weighted by atomic mass is 35.5. The van der Waals surface area contributed by atoms with E-state index in [1.807, 2.05) is 0 Å². The maximum Gasteiger partial charge on any atom is 0.340 e. The van der Waals surface area contributed by atoms with Crippen molar-refractivity contribution in [1.29, 1.82) is 0 Å². The minimum Gasteiger partial charge on any atom is -0.384 e. The smallest absolute Gasteiger partial charge is 0.340 e. The number of halogens is 1. The quantitative estimate of drug-likeness (QED) is 0.375. The molecule has 0 fully saturated rings. The number of urea groups is 1. The van der Waals surface area contributed by atoms with Crippen molar-refractivity contribution in [2.45, 2.75) is 12.6 Å². The number of amidine groups is 1. The molecule has 1 aliphatic rings. The molecular weight excluding hydrogens is 260 g/mol. The van der Waals surface area contributed by atoms with E-state index in [1.54, 1.807) is 19.2 Å². The van der Waals surface area contributed by atoms with Crippen LogP contribution in [0.3, 0.4) is 0 Å². The van der Waals surface area contributed by atoms with Gasteiger partial charge in [0.1, 0.15) is 11.5 Å². The van der Waals surface area contributed by atoms with Crippen molar-refractivity contribution in [3.63, 3.8) is 0 Å². The maximum atomic E-state index is 11.6. The fourth-order valence-corrected chi connectivity index (χ4v) is 1.51. The van der Waals surface area contributed by atoms with Crippen LogP contribution in [0.4, 0.5) is 4.79 Å². The van der Waals surface area contributed by atoms with Crippen LogP contribution in [0.1, 0.15) is 6.92 Å². The lowest BCUT2D eigenvalue weighted by Gasteiger charge is -2.29. The number of nitrogens with one attached hydrogen (secondary N) is 2. The van der Waals surface area contributed by atoms with Crippen LogP contribution in [-0.2, 0) is 0 Å². The zero-order chi connectivity index (χ0) is 13.6. The van der Waals surface area contributed by atoms with E-state index in [-0.39, 0.29) is 19.0 Å². The highest BCUT2D eigenvalue weighted by molar-refractivity contribution is 6.18. The molecule has 9 heteroatoms. The van der Waals surface area contributed by atoms with Crippen molar-refractivity contribution in [2.75, 3.05) is 19.0 Å². The fourth-order valence-electron chi connectivity index (χ4n) is 1.35. The van der Waals surface area contributed by atoms with Crippen molar-refractivity contribution in [3.8, 4) is 0 Å². The molecule has 2 amide bonds. The molecule has 0 saturated carbocycles. The number of nitroso groups, excluding NO2 is 1. The molecule has 0 unspecified atom stereocenters. The summed E-state index contributed by atoms with van der Waals surface area (Å²) in [6.07, 6.45) is 3.25. The Bertz CT molecular complexity index is 385. The van der Waals surface area contributed by atoms with Gasteiger partial charge in [-0.2, -0.15) is 5.01 Å². The highest BCUT2D eigenvalue weighted by Crippen LogP contribution is 2.08. The Morgan fingerprint density at radius 1 is 1.78 bits per heavy atom. The second-order valence-corrected chi connectivity index (χ2v) is 4.22. The molecule has 0 bridgehead atoms. The van der Waals surface area contributed by atoms with Gasteiger partial charge in [-0.3, -0.25) is 0 Å². The van der Waals surface area contributed by atoms with Gasteiger partial charge in [-0.1, -0.05) is 0 Å². The number of carbonyl (C=O) groups excluding carboxylic acids is 1. The fraction of sp³-hybridized carbons (Fsp3) is 0.556. The van der Waals surface area contributed by atoms with Gasteiger partial charge in [0.25, 0.3) is 0 Å². The lowest BCUT2D eigenvalue weighted by atomic mass is 10.2. The predicted octanol–water partition coefficient (Wildman–Crippen LogP) is 0.109. The van der Waals surface area contributed by atoms with Gasteiger partial charge >= 0.3 is 6.03 Å². The molecule has 18 heavy (non-hydrogen) atoms. The summed E-state index contributed by atoms with van der Waals surface area (Å²) < 4.78 is 0. The molecule has 1 heterocycles. The largest absolute Gasteiger partial charge is 0.384 e. The monoisotopic (exact) mass is 274 g/mol. The Hall–Kier alpha value is -1.83. The molecular formula is C9H15ClN6O2. The van der Waals surface area contributed by atoms with E-state index < -0.39 is 11.7 Å². The highest BCUT2D eigenvalue weighted by Gasteiger charge is 2.25. The maximum absolute atomic E-state index is 11.6. The average molecular weight is 275 g/mol. The Morgan fingerprint density at radius 3 is 3.06 bits per heavy atom. The Morgan fingerprint density at radius 2 is 2.50 bits per heavy atom. The zero-order valence-electron chi connectivity index (χ0n) is 9.89. The normalized spacial score (nSPS) is 21.8. The van der Waals surface area contributed by atoms with Crippen LogP contribution in [-0.4, -0.2) is 41.5 Å². The summed E-state index contributed by atoms with van der Waals surface area (Å²) >= 11 is 5.43. The topological polar surface area (TPSA) is 112 Å². The summed E-state index contributed by atoms with van der Waals surface area (Å²) in [7, 11) is 0. The van der Waals surface area contributed by atoms with E-state index in [0.29, 0.717) is 10.8 Å². The first-order valence-corrected chi connectivity index (χ1v) is 5.78. The first-order chi connectivity index (χ1) is 8.50. The van der Waals surface area contributed by atoms with Crippen LogP contribution in [0, 0.1) is 4.91 Å². The second-order valence-electron chi connectivity index (χ2n) is 3.84. The number of nitrogens with two attached hydrogens (primary N) is 1. The number of alkyl halides is 1. The minimum atomic E-state index is -0.746. The molecule has 0 aromatic rings. The van der Waals surface area contributed by atoms with E-state index in [0.717, 1.165) is 0 Å². The Kier molecular flexibility index (Phi) is 4.90. The number of aliphatic imine (C=N–C) groups is 1. The van der Waals surface area contributed by atoms with Gasteiger partial charge in [0, 0.05) is 12.1 Å². The van der Waals surface area contributed by atoms with Gasteiger partial charge in [0.2, 0.25) is 0 Å². The van der Waals surface area contributed by atoms with E-state index in [1.165, 1.54) is 0 Å². The van der Waals surface area contributed by atoms with Crippen LogP contribution in [0.15, 0.2) is 22.6 Å². The van der Waals surface area contributed by atoms with E-state index >= 15 is 0 Å². The summed E-state index contributed by atoms with van der Waals surface area (Å²) in [5.41, 5.74) is 4.82. The van der Waals surface area contributed by atoms with Gasteiger partial charge in [-0.25, -0.2) is 9.79 Å². The second kappa shape index (κ2) is 6.20. The van der Waals surface area contributed by atoms with Gasteiger partial charge in [0.15, 0.2) is 0 Å². The van der Waals surface area contributed by atoms with Crippen molar-refractivity contribution in [2.24, 2.45) is 16.0 Å². The third-order valence-electron chi connectivity index (χ3n) is 2.24. The molecule has 0 aliphatic carbocycles. The molecule has 0 spiro atoms. The first kappa shape index (κ1) is 14.2. The Balaban J connectivity index is 2.52. The summed E-state index contributed by atoms with van der Waals surface area (Å²) in [6.45, 7) is 1.96. The molecule has 8 nitrogen and oxygen atoms in total. The number of amides is 2. The lowest BCUT2D eigenvalue weighted by Crippen LogP contribution is -2.52. The van der Waals surface area contributed by atoms with Gasteiger partial charge in [0.05, 0.1) is 18.4 Å². The number of hydrogen-bond donors (Lipinski definition) is 3. The standard InChI is InChI=1S/C9H15ClN6O2/c1-9(13-4-2-7(11)14-9)6-12-8(17)16(15-18)5-3-10/h2,4,13H,3,5-6H2,1H3,(H2,11,14)(H,12,17)/t9-/m0/s1. The molecule has 1 atom stereocenters. The van der Waals surface area contributed by atoms with E-state index in [4.69, 9.17) is 17.3 Å². The molecule has 0 aromatic carbocycles. The molecule has 100 valence electrons. The number of nitrogens with zero attached hydrogens (tertiary/aromatic N) is 3. The molecule has 4 N–H and O–H groups in total. The molecule has 0 radical (unpaired) electrons. The minimum absolute atomic E-state index is 0.0480. The van der Waals surface area contributed by atoms with Gasteiger partial charge in [-0.05, 0) is 13.0 Å². The summed E-state index contributed by atoms with van der Waals surface area (Å²) in [4.78, 5) is 26.1. The van der Waals surface area contributed by atoms with Crippen molar-refractivity contribution in [1.82, 2.24) is 15.6 Å². The Labute approximate surface area is 109 Å². The van der Waals surface area contributed by atoms with Crippen molar-refractivity contribution >= 4 is 23.5 Å². The average Bonchev–Trinajstić information content (AvgIpc) is 2.33. The van der Waals surface area contributed by atoms with Crippen LogP contribution < -0.4 is 16.4 Å². The summed E-state index contributed by atoms with van der Waals surface area (Å²) in [6, 6.07) is -0.628. The van der Waals surface area contributed by atoms with Crippen LogP contribution in [0.25, 0.3) is 0 Å². The van der Waals surface area contributed by atoms with Crippen LogP contribution in [0.2, 0.25) is 0 Å². The zero-order valence-corrected chi connectivity index (χ0v) is 10.6. The van der Waals surface area contributed by atoms with Crippen molar-refractivity contribution in [3.05, 3.63) is 17.2 Å².